The zero-order chi connectivity index (χ0) is 18.5. The first kappa shape index (κ1) is 17.0. The van der Waals surface area contributed by atoms with Crippen LogP contribution in [0.3, 0.4) is 0 Å². The van der Waals surface area contributed by atoms with Crippen molar-refractivity contribution in [1.29, 1.82) is 0 Å². The first-order valence-corrected chi connectivity index (χ1v) is 7.79. The van der Waals surface area contributed by atoms with Gasteiger partial charge < -0.3 is 21.5 Å². The van der Waals surface area contributed by atoms with Crippen molar-refractivity contribution < 1.29 is 14.7 Å². The van der Waals surface area contributed by atoms with Crippen molar-refractivity contribution >= 4 is 29.5 Å². The Labute approximate surface area is 149 Å². The second-order valence-electron chi connectivity index (χ2n) is 5.57. The zero-order valence-corrected chi connectivity index (χ0v) is 13.7. The molecule has 3 rings (SSSR count). The fourth-order valence-electron chi connectivity index (χ4n) is 2.39. The van der Waals surface area contributed by atoms with E-state index in [-0.39, 0.29) is 11.3 Å². The van der Waals surface area contributed by atoms with Gasteiger partial charge in [-0.05, 0) is 42.0 Å². The Bertz CT molecular complexity index is 917. The first-order chi connectivity index (χ1) is 12.6. The smallest absolute Gasteiger partial charge is 0.256 e. The largest absolute Gasteiger partial charge is 0.508 e. The van der Waals surface area contributed by atoms with Crippen LogP contribution in [-0.2, 0) is 6.54 Å². The van der Waals surface area contributed by atoms with E-state index in [1.165, 1.54) is 0 Å². The van der Waals surface area contributed by atoms with E-state index in [1.807, 2.05) is 0 Å². The predicted octanol–water partition coefficient (Wildman–Crippen LogP) is 2.38. The van der Waals surface area contributed by atoms with E-state index in [2.05, 4.69) is 20.8 Å². The van der Waals surface area contributed by atoms with Gasteiger partial charge in [0.15, 0.2) is 5.82 Å². The van der Waals surface area contributed by atoms with Gasteiger partial charge in [-0.1, -0.05) is 12.1 Å². The summed E-state index contributed by atoms with van der Waals surface area (Å²) in [6.45, 7) is 0.402. The highest BCUT2D eigenvalue weighted by Gasteiger charge is 2.18. The summed E-state index contributed by atoms with van der Waals surface area (Å²) >= 11 is 0. The molecule has 0 bridgehead atoms. The number of nitrogens with zero attached hydrogens (tertiary/aromatic N) is 1. The predicted molar refractivity (Wildman–Crippen MR) is 97.7 cm³/mol. The Kier molecular flexibility index (Phi) is 4.84. The molecule has 0 saturated carbocycles. The lowest BCUT2D eigenvalue weighted by Crippen LogP contribution is -2.15. The Morgan fingerprint density at radius 1 is 1.15 bits per heavy atom. The van der Waals surface area contributed by atoms with E-state index < -0.39 is 5.91 Å². The molecule has 26 heavy (non-hydrogen) atoms. The zero-order valence-electron chi connectivity index (χ0n) is 13.7. The van der Waals surface area contributed by atoms with Crippen molar-refractivity contribution in [1.82, 2.24) is 10.2 Å². The standard InChI is InChI=1S/C18H17N5O3/c19-16(26)15-17(20-9-11-3-7-14(25)8-4-11)22-23-18(15)21-13-5-1-12(10-24)2-6-13/h1-8,10,25H,9H2,(H2,19,26)(H3,20,21,22,23). The average molecular weight is 351 g/mol. The molecule has 8 heteroatoms. The quantitative estimate of drug-likeness (QED) is 0.415. The number of aldehydes is 1. The molecule has 1 heterocycles. The molecule has 2 aromatic carbocycles. The average Bonchev–Trinajstić information content (AvgIpc) is 3.04. The number of H-pyrrole nitrogens is 1. The molecule has 8 nitrogen and oxygen atoms in total. The number of phenols is 1. The van der Waals surface area contributed by atoms with Crippen molar-refractivity contribution in [2.75, 3.05) is 10.6 Å². The van der Waals surface area contributed by atoms with Gasteiger partial charge in [0.25, 0.3) is 5.91 Å². The summed E-state index contributed by atoms with van der Waals surface area (Å²) in [6.07, 6.45) is 0.750. The van der Waals surface area contributed by atoms with Gasteiger partial charge in [0.2, 0.25) is 0 Å². The maximum atomic E-state index is 11.9. The van der Waals surface area contributed by atoms with Crippen molar-refractivity contribution in [3.63, 3.8) is 0 Å². The number of carbonyl (C=O) groups excluding carboxylic acids is 2. The third kappa shape index (κ3) is 3.81. The van der Waals surface area contributed by atoms with Gasteiger partial charge in [0.05, 0.1) is 0 Å². The number of phenolic OH excluding ortho intramolecular Hbond substituents is 1. The number of hydrogen-bond acceptors (Lipinski definition) is 6. The Hall–Kier alpha value is -3.81. The molecule has 0 aliphatic carbocycles. The van der Waals surface area contributed by atoms with Crippen molar-refractivity contribution in [3.8, 4) is 5.75 Å². The topological polar surface area (TPSA) is 133 Å². The molecule has 3 aromatic rings. The molecule has 6 N–H and O–H groups in total. The third-order valence-electron chi connectivity index (χ3n) is 3.73. The Morgan fingerprint density at radius 2 is 1.85 bits per heavy atom. The molecule has 0 spiro atoms. The van der Waals surface area contributed by atoms with E-state index >= 15 is 0 Å². The fraction of sp³-hybridized carbons (Fsp3) is 0.0556. The minimum atomic E-state index is -0.640. The van der Waals surface area contributed by atoms with Crippen LogP contribution in [0.25, 0.3) is 0 Å². The Balaban J connectivity index is 1.77. The molecule has 0 unspecified atom stereocenters. The highest BCUT2D eigenvalue weighted by Crippen LogP contribution is 2.25. The number of amides is 1. The second-order valence-corrected chi connectivity index (χ2v) is 5.57. The number of aromatic hydroxyl groups is 1. The molecular formula is C18H17N5O3. The summed E-state index contributed by atoms with van der Waals surface area (Å²) in [5, 5.41) is 22.2. The van der Waals surface area contributed by atoms with Crippen molar-refractivity contribution in [2.24, 2.45) is 5.73 Å². The van der Waals surface area contributed by atoms with E-state index in [0.717, 1.165) is 11.8 Å². The van der Waals surface area contributed by atoms with Gasteiger partial charge in [-0.15, -0.1) is 0 Å². The molecule has 0 radical (unpaired) electrons. The Morgan fingerprint density at radius 3 is 2.46 bits per heavy atom. The molecule has 132 valence electrons. The van der Waals surface area contributed by atoms with Crippen LogP contribution in [-0.4, -0.2) is 27.5 Å². The van der Waals surface area contributed by atoms with E-state index in [4.69, 9.17) is 5.73 Å². The SMILES string of the molecule is NC(=O)c1c(NCc2ccc(O)cc2)n[nH]c1Nc1ccc(C=O)cc1. The van der Waals surface area contributed by atoms with Gasteiger partial charge in [-0.2, -0.15) is 5.10 Å². The van der Waals surface area contributed by atoms with Gasteiger partial charge in [-0.3, -0.25) is 14.7 Å². The number of carbonyl (C=O) groups is 2. The highest BCUT2D eigenvalue weighted by atomic mass is 16.3. The van der Waals surface area contributed by atoms with Crippen LogP contribution < -0.4 is 16.4 Å². The number of benzene rings is 2. The normalized spacial score (nSPS) is 10.3. The fourth-order valence-corrected chi connectivity index (χ4v) is 2.39. The minimum Gasteiger partial charge on any atom is -0.508 e. The first-order valence-electron chi connectivity index (χ1n) is 7.79. The molecule has 0 saturated heterocycles. The van der Waals surface area contributed by atoms with Crippen LogP contribution in [0.15, 0.2) is 48.5 Å². The van der Waals surface area contributed by atoms with Crippen LogP contribution in [0, 0.1) is 0 Å². The lowest BCUT2D eigenvalue weighted by Gasteiger charge is -2.07. The summed E-state index contributed by atoms with van der Waals surface area (Å²) < 4.78 is 0. The van der Waals surface area contributed by atoms with Crippen LogP contribution in [0.4, 0.5) is 17.3 Å². The number of rotatable bonds is 7. The lowest BCUT2D eigenvalue weighted by atomic mass is 10.2. The number of nitrogens with one attached hydrogen (secondary N) is 3. The molecule has 0 fully saturated rings. The van der Waals surface area contributed by atoms with Gasteiger partial charge in [0, 0.05) is 17.8 Å². The van der Waals surface area contributed by atoms with Crippen LogP contribution in [0.5, 0.6) is 5.75 Å². The number of primary amides is 1. The van der Waals surface area contributed by atoms with Gasteiger partial charge >= 0.3 is 0 Å². The van der Waals surface area contributed by atoms with Crippen LogP contribution in [0.1, 0.15) is 26.3 Å². The summed E-state index contributed by atoms with van der Waals surface area (Å²) in [7, 11) is 0. The van der Waals surface area contributed by atoms with E-state index in [1.54, 1.807) is 48.5 Å². The van der Waals surface area contributed by atoms with Crippen molar-refractivity contribution in [3.05, 3.63) is 65.2 Å². The van der Waals surface area contributed by atoms with E-state index in [9.17, 15) is 14.7 Å². The monoisotopic (exact) mass is 351 g/mol. The number of nitrogens with two attached hydrogens (primary N) is 1. The molecule has 0 atom stereocenters. The second kappa shape index (κ2) is 7.39. The van der Waals surface area contributed by atoms with Crippen molar-refractivity contribution in [2.45, 2.75) is 6.54 Å². The number of aromatic nitrogens is 2. The molecule has 1 aromatic heterocycles. The highest BCUT2D eigenvalue weighted by molar-refractivity contribution is 6.03. The van der Waals surface area contributed by atoms with Crippen LogP contribution >= 0.6 is 0 Å². The summed E-state index contributed by atoms with van der Waals surface area (Å²) in [5.41, 5.74) is 7.81. The number of anilines is 3. The van der Waals surface area contributed by atoms with E-state index in [0.29, 0.717) is 29.4 Å². The number of aromatic amines is 1. The summed E-state index contributed by atoms with van der Waals surface area (Å²) in [5.74, 6) is 0.208. The summed E-state index contributed by atoms with van der Waals surface area (Å²) in [6, 6.07) is 13.4. The molecular weight excluding hydrogens is 334 g/mol. The maximum absolute atomic E-state index is 11.9. The molecule has 1 amide bonds. The van der Waals surface area contributed by atoms with Crippen LogP contribution in [0.2, 0.25) is 0 Å². The minimum absolute atomic E-state index is 0.179. The summed E-state index contributed by atoms with van der Waals surface area (Å²) in [4.78, 5) is 22.6. The third-order valence-corrected chi connectivity index (χ3v) is 3.73. The van der Waals surface area contributed by atoms with Gasteiger partial charge in [-0.25, -0.2) is 0 Å². The lowest BCUT2D eigenvalue weighted by molar-refractivity contribution is 0.100. The molecule has 0 aliphatic rings. The maximum Gasteiger partial charge on any atom is 0.256 e. The molecule has 0 aliphatic heterocycles. The number of hydrogen-bond donors (Lipinski definition) is 5. The van der Waals surface area contributed by atoms with Gasteiger partial charge in [0.1, 0.15) is 23.4 Å².